The molecule has 1 aromatic rings. The molecule has 0 saturated heterocycles. The number of carbonyl (C=O) groups is 1. The van der Waals surface area contributed by atoms with E-state index in [0.29, 0.717) is 12.1 Å². The lowest BCUT2D eigenvalue weighted by molar-refractivity contribution is 0.0953. The first-order valence-electron chi connectivity index (χ1n) is 10.7. The predicted molar refractivity (Wildman–Crippen MR) is 132 cm³/mol. The van der Waals surface area contributed by atoms with Crippen molar-refractivity contribution in [2.75, 3.05) is 32.8 Å². The van der Waals surface area contributed by atoms with E-state index in [9.17, 15) is 4.79 Å². The molecular weight excluding hydrogens is 479 g/mol. The van der Waals surface area contributed by atoms with Crippen molar-refractivity contribution < 1.29 is 9.53 Å². The smallest absolute Gasteiger partial charge is 0.251 e. The molecule has 6 nitrogen and oxygen atoms in total. The van der Waals surface area contributed by atoms with E-state index in [4.69, 9.17) is 4.74 Å². The Bertz CT molecular complexity index is 564. The molecule has 1 aromatic carbocycles. The second-order valence-corrected chi connectivity index (χ2v) is 6.75. The van der Waals surface area contributed by atoms with Crippen LogP contribution in [0.25, 0.3) is 0 Å². The van der Waals surface area contributed by atoms with Crippen LogP contribution < -0.4 is 16.0 Å². The van der Waals surface area contributed by atoms with Crippen molar-refractivity contribution in [1.29, 1.82) is 0 Å². The second-order valence-electron chi connectivity index (χ2n) is 6.75. The number of guanidine groups is 1. The Morgan fingerprint density at radius 1 is 0.897 bits per heavy atom. The predicted octanol–water partition coefficient (Wildman–Crippen LogP) is 4.10. The minimum absolute atomic E-state index is 0. The molecule has 0 bridgehead atoms. The van der Waals surface area contributed by atoms with Crippen LogP contribution in [-0.2, 0) is 11.3 Å². The van der Waals surface area contributed by atoms with Crippen molar-refractivity contribution in [2.45, 2.75) is 59.4 Å². The first-order chi connectivity index (χ1) is 13.7. The van der Waals surface area contributed by atoms with Crippen molar-refractivity contribution in [2.24, 2.45) is 4.99 Å². The van der Waals surface area contributed by atoms with Gasteiger partial charge >= 0.3 is 0 Å². The maximum absolute atomic E-state index is 12.0. The molecule has 1 rings (SSSR count). The molecule has 3 N–H and O–H groups in total. The molecule has 7 heteroatoms. The number of unbranched alkanes of at least 4 members (excludes halogenated alkanes) is 2. The van der Waals surface area contributed by atoms with Gasteiger partial charge in [0, 0.05) is 38.4 Å². The maximum atomic E-state index is 12.0. The first kappa shape index (κ1) is 27.6. The van der Waals surface area contributed by atoms with Gasteiger partial charge in [0.2, 0.25) is 0 Å². The number of hydrogen-bond donors (Lipinski definition) is 3. The second kappa shape index (κ2) is 18.7. The molecule has 0 atom stereocenters. The number of carbonyl (C=O) groups excluding carboxylic acids is 1. The fourth-order valence-corrected chi connectivity index (χ4v) is 2.48. The molecule has 29 heavy (non-hydrogen) atoms. The van der Waals surface area contributed by atoms with Crippen LogP contribution in [0.15, 0.2) is 29.3 Å². The van der Waals surface area contributed by atoms with Crippen molar-refractivity contribution in [3.63, 3.8) is 0 Å². The average Bonchev–Trinajstić information content (AvgIpc) is 2.71. The minimum atomic E-state index is -0.0142. The molecule has 0 aliphatic heterocycles. The largest absolute Gasteiger partial charge is 0.381 e. The van der Waals surface area contributed by atoms with Gasteiger partial charge < -0.3 is 20.7 Å². The fourth-order valence-electron chi connectivity index (χ4n) is 2.48. The monoisotopic (exact) mass is 518 g/mol. The average molecular weight is 518 g/mol. The van der Waals surface area contributed by atoms with E-state index >= 15 is 0 Å². The summed E-state index contributed by atoms with van der Waals surface area (Å²) in [4.78, 5) is 16.7. The highest BCUT2D eigenvalue weighted by molar-refractivity contribution is 14.0. The first-order valence-corrected chi connectivity index (χ1v) is 10.7. The van der Waals surface area contributed by atoms with Crippen molar-refractivity contribution >= 4 is 35.8 Å². The van der Waals surface area contributed by atoms with Crippen LogP contribution >= 0.6 is 24.0 Å². The number of nitrogens with zero attached hydrogens (tertiary/aromatic N) is 1. The molecule has 1 amide bonds. The Morgan fingerprint density at radius 2 is 1.55 bits per heavy atom. The summed E-state index contributed by atoms with van der Waals surface area (Å²) in [6, 6.07) is 7.65. The van der Waals surface area contributed by atoms with Gasteiger partial charge in [-0.25, -0.2) is 4.99 Å². The van der Waals surface area contributed by atoms with Crippen LogP contribution in [0.1, 0.15) is 68.8 Å². The van der Waals surface area contributed by atoms with Crippen LogP contribution in [0.2, 0.25) is 0 Å². The quantitative estimate of drug-likeness (QED) is 0.150. The minimum Gasteiger partial charge on any atom is -0.381 e. The summed E-state index contributed by atoms with van der Waals surface area (Å²) in [5.41, 5.74) is 1.77. The number of amides is 1. The van der Waals surface area contributed by atoms with E-state index in [-0.39, 0.29) is 29.9 Å². The summed E-state index contributed by atoms with van der Waals surface area (Å²) in [5.74, 6) is 0.789. The van der Waals surface area contributed by atoms with E-state index in [1.165, 1.54) is 6.42 Å². The Labute approximate surface area is 193 Å². The number of benzene rings is 1. The Balaban J connectivity index is 0.00000784. The molecule has 0 fully saturated rings. The van der Waals surface area contributed by atoms with Crippen LogP contribution in [0, 0.1) is 0 Å². The van der Waals surface area contributed by atoms with Gasteiger partial charge in [0.1, 0.15) is 0 Å². The molecule has 166 valence electrons. The maximum Gasteiger partial charge on any atom is 0.251 e. The lowest BCUT2D eigenvalue weighted by atomic mass is 10.1. The van der Waals surface area contributed by atoms with E-state index in [1.807, 2.05) is 24.3 Å². The number of aliphatic imine (C=N–C) groups is 1. The zero-order valence-corrected chi connectivity index (χ0v) is 20.6. The van der Waals surface area contributed by atoms with Gasteiger partial charge in [-0.3, -0.25) is 4.79 Å². The number of nitrogens with one attached hydrogen (secondary N) is 3. The standard InChI is InChI=1S/C22H38N4O2.HI/c1-4-7-14-24-21(27)20-12-10-19(11-13-20)18-26-22(23-6-3)25-15-9-17-28-16-8-5-2;/h10-13H,4-9,14-18H2,1-3H3,(H,24,27)(H2,23,25,26);1H. The lowest BCUT2D eigenvalue weighted by Gasteiger charge is -2.11. The summed E-state index contributed by atoms with van der Waals surface area (Å²) >= 11 is 0. The van der Waals surface area contributed by atoms with E-state index in [1.54, 1.807) is 0 Å². The molecule has 0 saturated carbocycles. The highest BCUT2D eigenvalue weighted by Crippen LogP contribution is 2.06. The molecule has 0 aliphatic rings. The van der Waals surface area contributed by atoms with Crippen LogP contribution in [0.4, 0.5) is 0 Å². The van der Waals surface area contributed by atoms with Crippen LogP contribution in [-0.4, -0.2) is 44.7 Å². The van der Waals surface area contributed by atoms with Gasteiger partial charge in [-0.15, -0.1) is 24.0 Å². The molecular formula is C22H39IN4O2. The van der Waals surface area contributed by atoms with Gasteiger partial charge in [0.25, 0.3) is 5.91 Å². The van der Waals surface area contributed by atoms with E-state index in [0.717, 1.165) is 70.1 Å². The Hall–Kier alpha value is -1.35. The molecule has 0 unspecified atom stereocenters. The van der Waals surface area contributed by atoms with Crippen molar-refractivity contribution in [3.05, 3.63) is 35.4 Å². The van der Waals surface area contributed by atoms with Gasteiger partial charge in [-0.05, 0) is 43.9 Å². The third-order valence-corrected chi connectivity index (χ3v) is 4.20. The third kappa shape index (κ3) is 13.5. The molecule has 0 spiro atoms. The van der Waals surface area contributed by atoms with Gasteiger partial charge in [-0.2, -0.15) is 0 Å². The topological polar surface area (TPSA) is 74.8 Å². The zero-order valence-electron chi connectivity index (χ0n) is 18.3. The number of rotatable bonds is 14. The summed E-state index contributed by atoms with van der Waals surface area (Å²) in [6.45, 7) is 10.9. The van der Waals surface area contributed by atoms with Gasteiger partial charge in [0.15, 0.2) is 5.96 Å². The molecule has 0 aromatic heterocycles. The zero-order chi connectivity index (χ0) is 20.5. The van der Waals surface area contributed by atoms with E-state index < -0.39 is 0 Å². The summed E-state index contributed by atoms with van der Waals surface area (Å²) in [6.07, 6.45) is 5.32. The van der Waals surface area contributed by atoms with Crippen molar-refractivity contribution in [1.82, 2.24) is 16.0 Å². The van der Waals surface area contributed by atoms with Crippen molar-refractivity contribution in [3.8, 4) is 0 Å². The van der Waals surface area contributed by atoms with Gasteiger partial charge in [0.05, 0.1) is 6.54 Å². The summed E-state index contributed by atoms with van der Waals surface area (Å²) < 4.78 is 5.57. The number of halogens is 1. The van der Waals surface area contributed by atoms with Crippen LogP contribution in [0.3, 0.4) is 0 Å². The summed E-state index contributed by atoms with van der Waals surface area (Å²) in [5, 5.41) is 9.53. The third-order valence-electron chi connectivity index (χ3n) is 4.20. The normalized spacial score (nSPS) is 10.9. The van der Waals surface area contributed by atoms with E-state index in [2.05, 4.69) is 41.7 Å². The Kier molecular flexibility index (Phi) is 17.8. The highest BCUT2D eigenvalue weighted by atomic mass is 127. The Morgan fingerprint density at radius 3 is 2.21 bits per heavy atom. The number of hydrogen-bond acceptors (Lipinski definition) is 3. The SMILES string of the molecule is CCCCNC(=O)c1ccc(CN=C(NCC)NCCCOCCCC)cc1.I. The summed E-state index contributed by atoms with van der Waals surface area (Å²) in [7, 11) is 0. The molecule has 0 aliphatic carbocycles. The fraction of sp³-hybridized carbons (Fsp3) is 0.636. The van der Waals surface area contributed by atoms with Crippen LogP contribution in [0.5, 0.6) is 0 Å². The molecule has 0 radical (unpaired) electrons. The lowest BCUT2D eigenvalue weighted by Crippen LogP contribution is -2.38. The number of ether oxygens (including phenoxy) is 1. The highest BCUT2D eigenvalue weighted by Gasteiger charge is 2.04. The molecule has 0 heterocycles. The van der Waals surface area contributed by atoms with Gasteiger partial charge in [-0.1, -0.05) is 38.8 Å².